The van der Waals surface area contributed by atoms with Crippen LogP contribution in [0, 0.1) is 10.1 Å². The summed E-state index contributed by atoms with van der Waals surface area (Å²) in [5.41, 5.74) is 2.05. The van der Waals surface area contributed by atoms with Crippen LogP contribution in [0.25, 0.3) is 6.08 Å². The molecular formula is C11H13BrN2O2. The molecule has 0 spiro atoms. The van der Waals surface area contributed by atoms with Crippen molar-refractivity contribution in [2.75, 3.05) is 13.6 Å². The summed E-state index contributed by atoms with van der Waals surface area (Å²) in [6.45, 7) is 2.74. The van der Waals surface area contributed by atoms with Gasteiger partial charge in [-0.25, -0.2) is 0 Å². The van der Waals surface area contributed by atoms with E-state index in [9.17, 15) is 10.1 Å². The summed E-state index contributed by atoms with van der Waals surface area (Å²) >= 11 is 3.15. The summed E-state index contributed by atoms with van der Waals surface area (Å²) in [5.74, 6) is 0. The van der Waals surface area contributed by atoms with E-state index in [0.29, 0.717) is 4.47 Å². The van der Waals surface area contributed by atoms with Crippen molar-refractivity contribution >= 4 is 27.7 Å². The van der Waals surface area contributed by atoms with Crippen LogP contribution in [-0.2, 0) is 0 Å². The Labute approximate surface area is 103 Å². The lowest BCUT2D eigenvalue weighted by Crippen LogP contribution is -2.08. The van der Waals surface area contributed by atoms with Crippen molar-refractivity contribution in [2.24, 2.45) is 0 Å². The Balaban J connectivity index is 3.04. The minimum Gasteiger partial charge on any atom is -0.316 e. The summed E-state index contributed by atoms with van der Waals surface area (Å²) in [7, 11) is 1.86. The number of hydrogen-bond acceptors (Lipinski definition) is 3. The van der Waals surface area contributed by atoms with Gasteiger partial charge in [-0.15, -0.1) is 0 Å². The maximum absolute atomic E-state index is 10.7. The second-order valence-electron chi connectivity index (χ2n) is 3.49. The van der Waals surface area contributed by atoms with Gasteiger partial charge in [0.05, 0.1) is 9.40 Å². The molecule has 0 aliphatic carbocycles. The Morgan fingerprint density at radius 3 is 2.88 bits per heavy atom. The molecule has 0 amide bonds. The highest BCUT2D eigenvalue weighted by molar-refractivity contribution is 9.10. The van der Waals surface area contributed by atoms with E-state index in [2.05, 4.69) is 21.2 Å². The Hall–Kier alpha value is -1.20. The van der Waals surface area contributed by atoms with Crippen LogP contribution in [0.4, 0.5) is 5.69 Å². The van der Waals surface area contributed by atoms with Gasteiger partial charge in [0.25, 0.3) is 5.69 Å². The van der Waals surface area contributed by atoms with Crippen molar-refractivity contribution in [3.8, 4) is 0 Å². The molecule has 0 bridgehead atoms. The van der Waals surface area contributed by atoms with Crippen molar-refractivity contribution in [1.82, 2.24) is 5.32 Å². The lowest BCUT2D eigenvalue weighted by Gasteiger charge is -2.01. The smallest absolute Gasteiger partial charge is 0.284 e. The molecular weight excluding hydrogens is 272 g/mol. The molecule has 0 aliphatic heterocycles. The molecule has 0 unspecified atom stereocenters. The highest BCUT2D eigenvalue weighted by atomic mass is 79.9. The number of nitro benzene ring substituents is 1. The maximum atomic E-state index is 10.7. The molecule has 16 heavy (non-hydrogen) atoms. The molecule has 0 radical (unpaired) electrons. The number of rotatable bonds is 4. The largest absolute Gasteiger partial charge is 0.316 e. The Bertz CT molecular complexity index is 430. The summed E-state index contributed by atoms with van der Waals surface area (Å²) in [5, 5.41) is 13.8. The summed E-state index contributed by atoms with van der Waals surface area (Å²) < 4.78 is 0.501. The van der Waals surface area contributed by atoms with Crippen molar-refractivity contribution in [2.45, 2.75) is 6.92 Å². The number of nitrogens with zero attached hydrogens (tertiary/aromatic N) is 1. The van der Waals surface area contributed by atoms with Crippen LogP contribution in [0.15, 0.2) is 28.2 Å². The van der Waals surface area contributed by atoms with Gasteiger partial charge in [-0.2, -0.15) is 0 Å². The molecule has 4 nitrogen and oxygen atoms in total. The fraction of sp³-hybridized carbons (Fsp3) is 0.273. The second-order valence-corrected chi connectivity index (χ2v) is 4.34. The zero-order valence-corrected chi connectivity index (χ0v) is 10.7. The number of nitrogens with one attached hydrogen (secondary N) is 1. The first kappa shape index (κ1) is 12.9. The van der Waals surface area contributed by atoms with Crippen molar-refractivity contribution < 1.29 is 4.92 Å². The van der Waals surface area contributed by atoms with Gasteiger partial charge in [0.15, 0.2) is 0 Å². The number of hydrogen-bond donors (Lipinski definition) is 1. The molecule has 0 saturated carbocycles. The highest BCUT2D eigenvalue weighted by Gasteiger charge is 2.11. The van der Waals surface area contributed by atoms with Crippen LogP contribution in [0.5, 0.6) is 0 Å². The molecule has 1 aromatic carbocycles. The summed E-state index contributed by atoms with van der Waals surface area (Å²) in [6.07, 6.45) is 1.93. The first-order chi connectivity index (χ1) is 7.54. The normalized spacial score (nSPS) is 11.6. The van der Waals surface area contributed by atoms with E-state index in [1.54, 1.807) is 12.1 Å². The predicted molar refractivity (Wildman–Crippen MR) is 68.4 cm³/mol. The minimum atomic E-state index is -0.394. The fourth-order valence-corrected chi connectivity index (χ4v) is 1.77. The molecule has 1 N–H and O–H groups in total. The average molecular weight is 285 g/mol. The van der Waals surface area contributed by atoms with E-state index >= 15 is 0 Å². The molecule has 86 valence electrons. The Morgan fingerprint density at radius 1 is 1.62 bits per heavy atom. The fourth-order valence-electron chi connectivity index (χ4n) is 1.37. The van der Waals surface area contributed by atoms with Crippen molar-refractivity contribution in [3.05, 3.63) is 43.9 Å². The van der Waals surface area contributed by atoms with Crippen LogP contribution >= 0.6 is 15.9 Å². The number of nitro groups is 1. The number of benzene rings is 1. The van der Waals surface area contributed by atoms with Gasteiger partial charge in [0, 0.05) is 12.6 Å². The molecule has 5 heteroatoms. The third-order valence-electron chi connectivity index (χ3n) is 2.04. The van der Waals surface area contributed by atoms with Gasteiger partial charge >= 0.3 is 0 Å². The van der Waals surface area contributed by atoms with E-state index in [1.165, 1.54) is 0 Å². The highest BCUT2D eigenvalue weighted by Crippen LogP contribution is 2.26. The van der Waals surface area contributed by atoms with E-state index < -0.39 is 4.92 Å². The van der Waals surface area contributed by atoms with Crippen LogP contribution < -0.4 is 5.32 Å². The summed E-state index contributed by atoms with van der Waals surface area (Å²) in [4.78, 5) is 10.3. The van der Waals surface area contributed by atoms with Gasteiger partial charge in [-0.05, 0) is 41.5 Å². The third kappa shape index (κ3) is 3.43. The topological polar surface area (TPSA) is 55.2 Å². The van der Waals surface area contributed by atoms with Crippen LogP contribution in [0.1, 0.15) is 12.5 Å². The van der Waals surface area contributed by atoms with Gasteiger partial charge in [-0.3, -0.25) is 10.1 Å². The summed E-state index contributed by atoms with van der Waals surface area (Å²) in [6, 6.07) is 5.09. The van der Waals surface area contributed by atoms with Gasteiger partial charge in [-0.1, -0.05) is 17.7 Å². The maximum Gasteiger partial charge on any atom is 0.284 e. The zero-order valence-electron chi connectivity index (χ0n) is 9.16. The standard InChI is InChI=1S/C11H13BrN2O2/c1-8(7-13-2)5-9-3-4-10(12)11(6-9)14(15)16/h3-6,13H,7H2,1-2H3. The Morgan fingerprint density at radius 2 is 2.31 bits per heavy atom. The first-order valence-electron chi connectivity index (χ1n) is 4.80. The van der Waals surface area contributed by atoms with Crippen LogP contribution in [-0.4, -0.2) is 18.5 Å². The molecule has 1 rings (SSSR count). The van der Waals surface area contributed by atoms with Crippen LogP contribution in [0.2, 0.25) is 0 Å². The van der Waals surface area contributed by atoms with E-state index in [0.717, 1.165) is 17.7 Å². The molecule has 0 aliphatic rings. The van der Waals surface area contributed by atoms with Crippen molar-refractivity contribution in [3.63, 3.8) is 0 Å². The lowest BCUT2D eigenvalue weighted by atomic mass is 10.1. The van der Waals surface area contributed by atoms with Gasteiger partial charge in [0.2, 0.25) is 0 Å². The monoisotopic (exact) mass is 284 g/mol. The molecule has 0 heterocycles. The van der Waals surface area contributed by atoms with Crippen LogP contribution in [0.3, 0.4) is 0 Å². The molecule has 0 aromatic heterocycles. The molecule has 1 aromatic rings. The second kappa shape index (κ2) is 5.77. The molecule has 0 fully saturated rings. The quantitative estimate of drug-likeness (QED) is 0.683. The van der Waals surface area contributed by atoms with E-state index in [4.69, 9.17) is 0 Å². The molecule has 0 saturated heterocycles. The average Bonchev–Trinajstić information content (AvgIpc) is 2.21. The van der Waals surface area contributed by atoms with E-state index in [1.807, 2.05) is 26.1 Å². The number of halogens is 1. The third-order valence-corrected chi connectivity index (χ3v) is 2.71. The molecule has 0 atom stereocenters. The number of likely N-dealkylation sites (N-methyl/N-ethyl adjacent to an activating group) is 1. The predicted octanol–water partition coefficient (Wildman–Crippen LogP) is 2.98. The van der Waals surface area contributed by atoms with Crippen molar-refractivity contribution in [1.29, 1.82) is 0 Å². The lowest BCUT2D eigenvalue weighted by molar-refractivity contribution is -0.385. The minimum absolute atomic E-state index is 0.0889. The Kier molecular flexibility index (Phi) is 4.64. The van der Waals surface area contributed by atoms with E-state index in [-0.39, 0.29) is 5.69 Å². The van der Waals surface area contributed by atoms with Gasteiger partial charge in [0.1, 0.15) is 0 Å². The van der Waals surface area contributed by atoms with Gasteiger partial charge < -0.3 is 5.32 Å². The zero-order chi connectivity index (χ0) is 12.1. The first-order valence-corrected chi connectivity index (χ1v) is 5.59. The SMILES string of the molecule is CNCC(C)=Cc1ccc(Br)c([N+](=O)[O-])c1.